The number of ether oxygens (including phenoxy) is 1. The Morgan fingerprint density at radius 1 is 1.29 bits per heavy atom. The standard InChI is InChI=1S/C14H18N2O/c1-10(2)6-8-17-14-5-7-16-13-9-11(15)3-4-12(13)14/h3-5,7,9-10H,6,8,15H2,1-2H3. The molecule has 90 valence electrons. The Balaban J connectivity index is 2.22. The molecule has 3 heteroatoms. The van der Waals surface area contributed by atoms with Gasteiger partial charge in [0.05, 0.1) is 12.1 Å². The second kappa shape index (κ2) is 5.04. The van der Waals surface area contributed by atoms with Crippen LogP contribution in [0.25, 0.3) is 10.9 Å². The molecule has 0 aliphatic carbocycles. The number of anilines is 1. The Kier molecular flexibility index (Phi) is 3.47. The zero-order valence-corrected chi connectivity index (χ0v) is 10.3. The van der Waals surface area contributed by atoms with Gasteiger partial charge in [0.25, 0.3) is 0 Å². The molecule has 0 amide bonds. The van der Waals surface area contributed by atoms with E-state index in [1.54, 1.807) is 6.20 Å². The van der Waals surface area contributed by atoms with Crippen LogP contribution in [0.2, 0.25) is 0 Å². The summed E-state index contributed by atoms with van der Waals surface area (Å²) in [5, 5.41) is 1.02. The number of pyridine rings is 1. The SMILES string of the molecule is CC(C)CCOc1ccnc2cc(N)ccc12. The second-order valence-corrected chi connectivity index (χ2v) is 4.62. The molecule has 2 N–H and O–H groups in total. The zero-order chi connectivity index (χ0) is 12.3. The van der Waals surface area contributed by atoms with Crippen LogP contribution in [-0.2, 0) is 0 Å². The van der Waals surface area contributed by atoms with Gasteiger partial charge in [0, 0.05) is 17.3 Å². The van der Waals surface area contributed by atoms with E-state index >= 15 is 0 Å². The van der Waals surface area contributed by atoms with Gasteiger partial charge in [-0.05, 0) is 36.6 Å². The predicted molar refractivity (Wildman–Crippen MR) is 71.1 cm³/mol. The van der Waals surface area contributed by atoms with E-state index in [9.17, 15) is 0 Å². The smallest absolute Gasteiger partial charge is 0.130 e. The number of aromatic nitrogens is 1. The molecule has 0 spiro atoms. The van der Waals surface area contributed by atoms with Gasteiger partial charge in [0.15, 0.2) is 0 Å². The van der Waals surface area contributed by atoms with Gasteiger partial charge in [-0.25, -0.2) is 0 Å². The Bertz CT molecular complexity index is 509. The molecule has 0 saturated heterocycles. The van der Waals surface area contributed by atoms with Gasteiger partial charge in [0.2, 0.25) is 0 Å². The number of hydrogen-bond acceptors (Lipinski definition) is 3. The first-order valence-electron chi connectivity index (χ1n) is 5.94. The predicted octanol–water partition coefficient (Wildman–Crippen LogP) is 3.24. The first-order valence-corrected chi connectivity index (χ1v) is 5.94. The number of benzene rings is 1. The maximum Gasteiger partial charge on any atom is 0.130 e. The molecule has 3 nitrogen and oxygen atoms in total. The highest BCUT2D eigenvalue weighted by atomic mass is 16.5. The van der Waals surface area contributed by atoms with Crippen LogP contribution in [0.4, 0.5) is 5.69 Å². The van der Waals surface area contributed by atoms with Crippen LogP contribution in [0.1, 0.15) is 20.3 Å². The lowest BCUT2D eigenvalue weighted by Gasteiger charge is -2.10. The van der Waals surface area contributed by atoms with E-state index < -0.39 is 0 Å². The summed E-state index contributed by atoms with van der Waals surface area (Å²) in [6.07, 6.45) is 2.81. The van der Waals surface area contributed by atoms with Crippen molar-refractivity contribution < 1.29 is 4.74 Å². The van der Waals surface area contributed by atoms with Gasteiger partial charge < -0.3 is 10.5 Å². The molecule has 0 aliphatic heterocycles. The molecular weight excluding hydrogens is 212 g/mol. The fraction of sp³-hybridized carbons (Fsp3) is 0.357. The summed E-state index contributed by atoms with van der Waals surface area (Å²) in [5.74, 6) is 1.54. The molecule has 2 aromatic rings. The van der Waals surface area contributed by atoms with Crippen molar-refractivity contribution in [3.05, 3.63) is 30.5 Å². The van der Waals surface area contributed by atoms with Crippen LogP contribution >= 0.6 is 0 Å². The minimum Gasteiger partial charge on any atom is -0.493 e. The van der Waals surface area contributed by atoms with E-state index in [-0.39, 0.29) is 0 Å². The van der Waals surface area contributed by atoms with Crippen molar-refractivity contribution in [2.45, 2.75) is 20.3 Å². The van der Waals surface area contributed by atoms with Crippen LogP contribution in [0.5, 0.6) is 5.75 Å². The largest absolute Gasteiger partial charge is 0.493 e. The zero-order valence-electron chi connectivity index (χ0n) is 10.3. The average molecular weight is 230 g/mol. The summed E-state index contributed by atoms with van der Waals surface area (Å²) < 4.78 is 5.79. The first kappa shape index (κ1) is 11.7. The maximum atomic E-state index is 5.79. The van der Waals surface area contributed by atoms with E-state index in [0.717, 1.165) is 35.4 Å². The third kappa shape index (κ3) is 2.87. The Hall–Kier alpha value is -1.77. The van der Waals surface area contributed by atoms with E-state index in [1.165, 1.54) is 0 Å². The third-order valence-electron chi connectivity index (χ3n) is 2.68. The highest BCUT2D eigenvalue weighted by molar-refractivity contribution is 5.87. The summed E-state index contributed by atoms with van der Waals surface area (Å²) in [6, 6.07) is 7.60. The monoisotopic (exact) mass is 230 g/mol. The second-order valence-electron chi connectivity index (χ2n) is 4.62. The summed E-state index contributed by atoms with van der Waals surface area (Å²) in [5.41, 5.74) is 7.34. The third-order valence-corrected chi connectivity index (χ3v) is 2.68. The van der Waals surface area contributed by atoms with E-state index in [2.05, 4.69) is 18.8 Å². The van der Waals surface area contributed by atoms with Crippen LogP contribution in [0, 0.1) is 5.92 Å². The number of nitrogens with zero attached hydrogens (tertiary/aromatic N) is 1. The number of fused-ring (bicyclic) bond motifs is 1. The molecule has 0 fully saturated rings. The molecule has 17 heavy (non-hydrogen) atoms. The molecule has 0 bridgehead atoms. The molecule has 2 rings (SSSR count). The van der Waals surface area contributed by atoms with Gasteiger partial charge in [-0.15, -0.1) is 0 Å². The number of nitrogens with two attached hydrogens (primary N) is 1. The molecule has 1 aromatic heterocycles. The van der Waals surface area contributed by atoms with E-state index in [0.29, 0.717) is 5.92 Å². The molecule has 1 aromatic carbocycles. The van der Waals surface area contributed by atoms with E-state index in [1.807, 2.05) is 24.3 Å². The summed E-state index contributed by atoms with van der Waals surface area (Å²) in [7, 11) is 0. The van der Waals surface area contributed by atoms with Gasteiger partial charge in [-0.1, -0.05) is 13.8 Å². The van der Waals surface area contributed by atoms with Crippen molar-refractivity contribution in [1.29, 1.82) is 0 Å². The van der Waals surface area contributed by atoms with Crippen LogP contribution in [-0.4, -0.2) is 11.6 Å². The normalized spacial score (nSPS) is 11.0. The molecule has 0 radical (unpaired) electrons. The molecule has 0 saturated carbocycles. The Morgan fingerprint density at radius 2 is 2.12 bits per heavy atom. The van der Waals surface area contributed by atoms with Gasteiger partial charge in [0.1, 0.15) is 5.75 Å². The lowest BCUT2D eigenvalue weighted by Crippen LogP contribution is -2.02. The van der Waals surface area contributed by atoms with Crippen LogP contribution < -0.4 is 10.5 Å². The van der Waals surface area contributed by atoms with Gasteiger partial charge in [-0.2, -0.15) is 0 Å². The van der Waals surface area contributed by atoms with Gasteiger partial charge >= 0.3 is 0 Å². The lowest BCUT2D eigenvalue weighted by molar-refractivity contribution is 0.292. The molecule has 0 aliphatic rings. The van der Waals surface area contributed by atoms with Crippen LogP contribution in [0.15, 0.2) is 30.5 Å². The molecular formula is C14H18N2O. The minimum absolute atomic E-state index is 0.652. The first-order chi connectivity index (χ1) is 8.16. The van der Waals surface area contributed by atoms with Crippen molar-refractivity contribution in [2.24, 2.45) is 5.92 Å². The molecule has 1 heterocycles. The summed E-state index contributed by atoms with van der Waals surface area (Å²) >= 11 is 0. The Morgan fingerprint density at radius 3 is 2.88 bits per heavy atom. The lowest BCUT2D eigenvalue weighted by atomic mass is 10.1. The highest BCUT2D eigenvalue weighted by Crippen LogP contribution is 2.25. The summed E-state index contributed by atoms with van der Waals surface area (Å²) in [6.45, 7) is 5.12. The van der Waals surface area contributed by atoms with Gasteiger partial charge in [-0.3, -0.25) is 4.98 Å². The van der Waals surface area contributed by atoms with Crippen molar-refractivity contribution in [3.8, 4) is 5.75 Å². The van der Waals surface area contributed by atoms with Crippen molar-refractivity contribution in [2.75, 3.05) is 12.3 Å². The van der Waals surface area contributed by atoms with E-state index in [4.69, 9.17) is 10.5 Å². The number of nitrogen functional groups attached to an aromatic ring is 1. The average Bonchev–Trinajstić information content (AvgIpc) is 2.28. The maximum absolute atomic E-state index is 5.79. The number of hydrogen-bond donors (Lipinski definition) is 1. The fourth-order valence-electron chi connectivity index (χ4n) is 1.67. The summed E-state index contributed by atoms with van der Waals surface area (Å²) in [4.78, 5) is 4.29. The fourth-order valence-corrected chi connectivity index (χ4v) is 1.67. The highest BCUT2D eigenvalue weighted by Gasteiger charge is 2.03. The van der Waals surface area contributed by atoms with Crippen molar-refractivity contribution >= 4 is 16.6 Å². The van der Waals surface area contributed by atoms with Crippen molar-refractivity contribution in [3.63, 3.8) is 0 Å². The minimum atomic E-state index is 0.652. The quantitative estimate of drug-likeness (QED) is 0.820. The van der Waals surface area contributed by atoms with Crippen molar-refractivity contribution in [1.82, 2.24) is 4.98 Å². The topological polar surface area (TPSA) is 48.1 Å². The molecule has 0 atom stereocenters. The van der Waals surface area contributed by atoms with Crippen LogP contribution in [0.3, 0.4) is 0 Å². The Labute approximate surface area is 102 Å². The number of rotatable bonds is 4. The molecule has 0 unspecified atom stereocenters.